The number of ether oxygens (including phenoxy) is 1. The second kappa shape index (κ2) is 3.20. The van der Waals surface area contributed by atoms with Crippen LogP contribution in [0.25, 0.3) is 0 Å². The van der Waals surface area contributed by atoms with Gasteiger partial charge in [-0.25, -0.2) is 0 Å². The Hall–Kier alpha value is -0.730. The predicted molar refractivity (Wildman–Crippen MR) is 53.3 cm³/mol. The van der Waals surface area contributed by atoms with Gasteiger partial charge in [0.1, 0.15) is 5.75 Å². The molecule has 0 saturated carbocycles. The summed E-state index contributed by atoms with van der Waals surface area (Å²) in [4.78, 5) is 0. The third-order valence-electron chi connectivity index (χ3n) is 2.54. The molecule has 70 valence electrons. The van der Waals surface area contributed by atoms with E-state index in [2.05, 4.69) is 0 Å². The summed E-state index contributed by atoms with van der Waals surface area (Å²) in [5.41, 5.74) is 8.26. The van der Waals surface area contributed by atoms with Gasteiger partial charge in [-0.1, -0.05) is 11.6 Å². The van der Waals surface area contributed by atoms with Crippen LogP contribution in [0.3, 0.4) is 0 Å². The molecule has 0 radical (unpaired) electrons. The molecule has 2 N–H and O–H groups in total. The van der Waals surface area contributed by atoms with Crippen molar-refractivity contribution in [2.24, 2.45) is 5.73 Å². The summed E-state index contributed by atoms with van der Waals surface area (Å²) in [6, 6.07) is 3.96. The van der Waals surface area contributed by atoms with Crippen LogP contribution in [-0.4, -0.2) is 7.11 Å². The van der Waals surface area contributed by atoms with Crippen LogP contribution in [-0.2, 0) is 6.42 Å². The zero-order valence-electron chi connectivity index (χ0n) is 7.51. The lowest BCUT2D eigenvalue weighted by Gasteiger charge is -2.08. The fourth-order valence-electron chi connectivity index (χ4n) is 1.80. The number of hydrogen-bond acceptors (Lipinski definition) is 2. The van der Waals surface area contributed by atoms with Crippen molar-refractivity contribution in [2.75, 3.05) is 7.11 Å². The average Bonchev–Trinajstić information content (AvgIpc) is 2.48. The molecule has 0 amide bonds. The molecule has 2 rings (SSSR count). The first-order chi connectivity index (χ1) is 6.22. The van der Waals surface area contributed by atoms with Crippen LogP contribution < -0.4 is 10.5 Å². The molecule has 3 heteroatoms. The quantitative estimate of drug-likeness (QED) is 0.750. The fraction of sp³-hybridized carbons (Fsp3) is 0.400. The molecule has 0 heterocycles. The molecule has 13 heavy (non-hydrogen) atoms. The second-order valence-electron chi connectivity index (χ2n) is 3.32. The molecule has 0 spiro atoms. The van der Waals surface area contributed by atoms with Crippen molar-refractivity contribution in [1.82, 2.24) is 0 Å². The molecule has 0 fully saturated rings. The molecule has 0 saturated heterocycles. The third-order valence-corrected chi connectivity index (χ3v) is 2.88. The van der Waals surface area contributed by atoms with Gasteiger partial charge in [0, 0.05) is 11.1 Å². The van der Waals surface area contributed by atoms with Gasteiger partial charge < -0.3 is 10.5 Å². The zero-order chi connectivity index (χ0) is 9.42. The number of fused-ring (bicyclic) bond motifs is 1. The third kappa shape index (κ3) is 1.40. The van der Waals surface area contributed by atoms with Gasteiger partial charge in [-0.3, -0.25) is 0 Å². The first-order valence-corrected chi connectivity index (χ1v) is 4.72. The van der Waals surface area contributed by atoms with Gasteiger partial charge in [-0.15, -0.1) is 0 Å². The standard InChI is InChI=1S/C10H12ClNO/c1-13-6-4-8-7(9(11)5-6)2-3-10(8)12/h4-5,10H,2-3,12H2,1H3. The molecular weight excluding hydrogens is 186 g/mol. The lowest BCUT2D eigenvalue weighted by Crippen LogP contribution is -2.05. The van der Waals surface area contributed by atoms with Gasteiger partial charge in [-0.05, 0) is 36.1 Å². The van der Waals surface area contributed by atoms with E-state index in [1.165, 1.54) is 5.56 Å². The molecule has 1 atom stereocenters. The Labute approximate surface area is 82.6 Å². The lowest BCUT2D eigenvalue weighted by molar-refractivity contribution is 0.414. The van der Waals surface area contributed by atoms with Gasteiger partial charge in [0.15, 0.2) is 0 Å². The number of rotatable bonds is 1. The van der Waals surface area contributed by atoms with Gasteiger partial charge >= 0.3 is 0 Å². The Morgan fingerprint density at radius 3 is 3.00 bits per heavy atom. The van der Waals surface area contributed by atoms with E-state index in [9.17, 15) is 0 Å². The van der Waals surface area contributed by atoms with Gasteiger partial charge in [-0.2, -0.15) is 0 Å². The van der Waals surface area contributed by atoms with E-state index >= 15 is 0 Å². The highest BCUT2D eigenvalue weighted by molar-refractivity contribution is 6.31. The number of halogens is 1. The Morgan fingerprint density at radius 2 is 2.31 bits per heavy atom. The van der Waals surface area contributed by atoms with Crippen molar-refractivity contribution in [3.63, 3.8) is 0 Å². The van der Waals surface area contributed by atoms with Crippen LogP contribution in [0.4, 0.5) is 0 Å². The first-order valence-electron chi connectivity index (χ1n) is 4.34. The molecule has 1 aromatic carbocycles. The smallest absolute Gasteiger partial charge is 0.120 e. The van der Waals surface area contributed by atoms with E-state index < -0.39 is 0 Å². The average molecular weight is 198 g/mol. The van der Waals surface area contributed by atoms with Crippen molar-refractivity contribution in [1.29, 1.82) is 0 Å². The summed E-state index contributed by atoms with van der Waals surface area (Å²) in [7, 11) is 1.64. The zero-order valence-corrected chi connectivity index (χ0v) is 8.27. The van der Waals surface area contributed by atoms with Crippen LogP contribution >= 0.6 is 11.6 Å². The highest BCUT2D eigenvalue weighted by Gasteiger charge is 2.22. The highest BCUT2D eigenvalue weighted by atomic mass is 35.5. The second-order valence-corrected chi connectivity index (χ2v) is 3.73. The molecule has 1 unspecified atom stereocenters. The molecule has 1 aromatic rings. The number of hydrogen-bond donors (Lipinski definition) is 1. The number of benzene rings is 1. The molecule has 1 aliphatic rings. The van der Waals surface area contributed by atoms with Crippen LogP contribution in [0.5, 0.6) is 5.75 Å². The van der Waals surface area contributed by atoms with E-state index in [-0.39, 0.29) is 6.04 Å². The molecule has 1 aliphatic carbocycles. The number of methoxy groups -OCH3 is 1. The van der Waals surface area contributed by atoms with Crippen molar-refractivity contribution in [2.45, 2.75) is 18.9 Å². The summed E-state index contributed by atoms with van der Waals surface area (Å²) < 4.78 is 5.13. The minimum absolute atomic E-state index is 0.127. The maximum Gasteiger partial charge on any atom is 0.120 e. The normalized spacial score (nSPS) is 20.1. The lowest BCUT2D eigenvalue weighted by atomic mass is 10.1. The Bertz CT molecular complexity index is 338. The monoisotopic (exact) mass is 197 g/mol. The number of nitrogens with two attached hydrogens (primary N) is 1. The van der Waals surface area contributed by atoms with Crippen molar-refractivity contribution in [3.05, 3.63) is 28.3 Å². The molecule has 0 aromatic heterocycles. The van der Waals surface area contributed by atoms with E-state index in [4.69, 9.17) is 22.1 Å². The largest absolute Gasteiger partial charge is 0.497 e. The molecular formula is C10H12ClNO. The van der Waals surface area contributed by atoms with Crippen molar-refractivity contribution >= 4 is 11.6 Å². The summed E-state index contributed by atoms with van der Waals surface area (Å²) in [5, 5.41) is 0.780. The minimum atomic E-state index is 0.127. The van der Waals surface area contributed by atoms with Crippen molar-refractivity contribution in [3.8, 4) is 5.75 Å². The van der Waals surface area contributed by atoms with E-state index in [1.54, 1.807) is 7.11 Å². The Morgan fingerprint density at radius 1 is 1.54 bits per heavy atom. The summed E-state index contributed by atoms with van der Waals surface area (Å²) in [5.74, 6) is 0.793. The summed E-state index contributed by atoms with van der Waals surface area (Å²) in [6.07, 6.45) is 1.97. The summed E-state index contributed by atoms with van der Waals surface area (Å²) >= 11 is 6.08. The van der Waals surface area contributed by atoms with Crippen LogP contribution in [0.2, 0.25) is 5.02 Å². The van der Waals surface area contributed by atoms with Gasteiger partial charge in [0.05, 0.1) is 7.11 Å². The van der Waals surface area contributed by atoms with E-state index in [0.717, 1.165) is 29.2 Å². The van der Waals surface area contributed by atoms with Crippen LogP contribution in [0, 0.1) is 0 Å². The Balaban J connectivity index is 2.53. The maximum absolute atomic E-state index is 6.08. The predicted octanol–water partition coefficient (Wildman–Crippen LogP) is 2.29. The van der Waals surface area contributed by atoms with Crippen molar-refractivity contribution < 1.29 is 4.74 Å². The first kappa shape index (κ1) is 8.85. The van der Waals surface area contributed by atoms with E-state index in [0.29, 0.717) is 0 Å². The molecule has 0 aliphatic heterocycles. The topological polar surface area (TPSA) is 35.2 Å². The SMILES string of the molecule is COc1cc(Cl)c2c(c1)C(N)CC2. The molecule has 0 bridgehead atoms. The van der Waals surface area contributed by atoms with Gasteiger partial charge in [0.25, 0.3) is 0 Å². The fourth-order valence-corrected chi connectivity index (χ4v) is 2.11. The highest BCUT2D eigenvalue weighted by Crippen LogP contribution is 2.37. The van der Waals surface area contributed by atoms with Crippen LogP contribution in [0.15, 0.2) is 12.1 Å². The Kier molecular flexibility index (Phi) is 2.18. The maximum atomic E-state index is 6.08. The van der Waals surface area contributed by atoms with Gasteiger partial charge in [0.2, 0.25) is 0 Å². The summed E-state index contributed by atoms with van der Waals surface area (Å²) in [6.45, 7) is 0. The molecule has 2 nitrogen and oxygen atoms in total. The van der Waals surface area contributed by atoms with Crippen LogP contribution in [0.1, 0.15) is 23.6 Å². The minimum Gasteiger partial charge on any atom is -0.497 e. The van der Waals surface area contributed by atoms with E-state index in [1.807, 2.05) is 12.1 Å².